The Bertz CT molecular complexity index is 3410. The van der Waals surface area contributed by atoms with Gasteiger partial charge in [-0.1, -0.05) is 109 Å². The quantitative estimate of drug-likeness (QED) is 0.164. The molecular formula is C55H35N3O. The molecule has 9 aromatic rings. The van der Waals surface area contributed by atoms with Crippen LogP contribution in [0.25, 0.3) is 77.3 Å². The van der Waals surface area contributed by atoms with Crippen LogP contribution in [-0.4, -0.2) is 9.55 Å². The average Bonchev–Trinajstić information content (AvgIpc) is 3.59. The fourth-order valence-corrected chi connectivity index (χ4v) is 9.04. The first-order valence-corrected chi connectivity index (χ1v) is 20.1. The maximum atomic E-state index is 6.41. The van der Waals surface area contributed by atoms with Crippen LogP contribution in [0.3, 0.4) is 0 Å². The van der Waals surface area contributed by atoms with Crippen molar-refractivity contribution in [2.24, 2.45) is 0 Å². The van der Waals surface area contributed by atoms with Crippen LogP contribution >= 0.6 is 0 Å². The van der Waals surface area contributed by atoms with Crippen molar-refractivity contribution in [3.8, 4) is 16.8 Å². The molecule has 1 aliphatic heterocycles. The highest BCUT2D eigenvalue weighted by Crippen LogP contribution is 2.43. The van der Waals surface area contributed by atoms with Crippen molar-refractivity contribution in [2.75, 3.05) is 4.90 Å². The van der Waals surface area contributed by atoms with Gasteiger partial charge in [0.2, 0.25) is 0 Å². The van der Waals surface area contributed by atoms with E-state index in [9.17, 15) is 0 Å². The monoisotopic (exact) mass is 753 g/mol. The van der Waals surface area contributed by atoms with Crippen molar-refractivity contribution in [2.45, 2.75) is 6.42 Å². The van der Waals surface area contributed by atoms with Gasteiger partial charge in [-0.15, -0.1) is 0 Å². The van der Waals surface area contributed by atoms with Gasteiger partial charge in [-0.25, -0.2) is 0 Å². The molecule has 6 aromatic carbocycles. The molecule has 0 atom stereocenters. The summed E-state index contributed by atoms with van der Waals surface area (Å²) in [5.74, 6) is 0. The Morgan fingerprint density at radius 1 is 0.559 bits per heavy atom. The van der Waals surface area contributed by atoms with Gasteiger partial charge in [0.15, 0.2) is 0 Å². The zero-order chi connectivity index (χ0) is 38.9. The average molecular weight is 754 g/mol. The largest absolute Gasteiger partial charge is 0.456 e. The van der Waals surface area contributed by atoms with E-state index < -0.39 is 0 Å². The summed E-state index contributed by atoms with van der Waals surface area (Å²) >= 11 is 0. The number of furan rings is 1. The second-order valence-corrected chi connectivity index (χ2v) is 15.3. The van der Waals surface area contributed by atoms with Crippen molar-refractivity contribution in [1.29, 1.82) is 0 Å². The van der Waals surface area contributed by atoms with Gasteiger partial charge in [0.05, 0.1) is 28.6 Å². The van der Waals surface area contributed by atoms with Crippen LogP contribution in [0.15, 0.2) is 216 Å². The number of rotatable bonds is 5. The lowest BCUT2D eigenvalue weighted by Crippen LogP contribution is -2.18. The third kappa shape index (κ3) is 5.50. The van der Waals surface area contributed by atoms with E-state index in [-0.39, 0.29) is 0 Å². The summed E-state index contributed by atoms with van der Waals surface area (Å²) in [6.45, 7) is 0. The van der Waals surface area contributed by atoms with Gasteiger partial charge in [-0.05, 0) is 125 Å². The highest BCUT2D eigenvalue weighted by molar-refractivity contribution is 6.10. The number of allylic oxidation sites excluding steroid dienone is 10. The molecule has 4 nitrogen and oxygen atoms in total. The van der Waals surface area contributed by atoms with Crippen molar-refractivity contribution in [3.63, 3.8) is 0 Å². The molecular weight excluding hydrogens is 719 g/mol. The summed E-state index contributed by atoms with van der Waals surface area (Å²) in [5.41, 5.74) is 21.2. The summed E-state index contributed by atoms with van der Waals surface area (Å²) in [7, 11) is 0. The molecule has 2 aliphatic carbocycles. The molecule has 3 aliphatic rings. The highest BCUT2D eigenvalue weighted by Gasteiger charge is 2.24. The summed E-state index contributed by atoms with van der Waals surface area (Å²) in [4.78, 5) is 6.74. The van der Waals surface area contributed by atoms with Gasteiger partial charge in [-0.2, -0.15) is 0 Å². The first-order valence-electron chi connectivity index (χ1n) is 20.1. The van der Waals surface area contributed by atoms with E-state index in [1.165, 1.54) is 44.1 Å². The fraction of sp³-hybridized carbons (Fsp3) is 0.0182. The molecule has 0 fully saturated rings. The van der Waals surface area contributed by atoms with Crippen LogP contribution in [0.5, 0.6) is 0 Å². The van der Waals surface area contributed by atoms with E-state index in [4.69, 9.17) is 4.42 Å². The summed E-state index contributed by atoms with van der Waals surface area (Å²) in [6.07, 6.45) is 22.2. The molecule has 0 saturated heterocycles. The molecule has 0 radical (unpaired) electrons. The Labute approximate surface area is 341 Å². The predicted molar refractivity (Wildman–Crippen MR) is 245 cm³/mol. The van der Waals surface area contributed by atoms with Crippen LogP contribution in [0.4, 0.5) is 11.4 Å². The molecule has 59 heavy (non-hydrogen) atoms. The topological polar surface area (TPSA) is 34.2 Å². The maximum absolute atomic E-state index is 6.41. The number of hydrogen-bond acceptors (Lipinski definition) is 3. The number of hydrogen-bond donors (Lipinski definition) is 0. The van der Waals surface area contributed by atoms with Gasteiger partial charge in [0, 0.05) is 50.3 Å². The molecule has 12 rings (SSSR count). The number of para-hydroxylation sites is 2. The lowest BCUT2D eigenvalue weighted by molar-refractivity contribution is 0.669. The van der Waals surface area contributed by atoms with Gasteiger partial charge in [-0.3, -0.25) is 4.98 Å². The van der Waals surface area contributed by atoms with Gasteiger partial charge in [0.1, 0.15) is 11.2 Å². The smallest absolute Gasteiger partial charge is 0.135 e. The van der Waals surface area contributed by atoms with Crippen molar-refractivity contribution in [3.05, 3.63) is 229 Å². The molecule has 4 heterocycles. The van der Waals surface area contributed by atoms with E-state index in [1.807, 2.05) is 12.4 Å². The Kier molecular flexibility index (Phi) is 7.52. The third-order valence-corrected chi connectivity index (χ3v) is 11.8. The number of nitrogens with zero attached hydrogens (tertiary/aromatic N) is 3. The minimum absolute atomic E-state index is 0.858. The number of aromatic nitrogens is 2. The van der Waals surface area contributed by atoms with Crippen molar-refractivity contribution in [1.82, 2.24) is 9.55 Å². The summed E-state index contributed by atoms with van der Waals surface area (Å²) < 4.78 is 8.80. The van der Waals surface area contributed by atoms with Crippen molar-refractivity contribution >= 4 is 71.8 Å². The first kappa shape index (κ1) is 33.3. The van der Waals surface area contributed by atoms with Crippen LogP contribution in [0, 0.1) is 0 Å². The Morgan fingerprint density at radius 2 is 1.29 bits per heavy atom. The standard InChI is InChI=1S/C55H35N3O/c1-2-12-37(40-16-10-18-44(31-40)58-51-21-7-5-19-47(51)48-20-6-8-22-52(48)58)29-36(11-1)38-14-9-15-39(30-38)41-23-25-54-49(33-41)50-34-45(24-26-55(50)59-54)57-43-17-4-3-13-42(32-43)46-27-28-56-35-53(46)57/h1,3-31,33-35H,2H2. The van der Waals surface area contributed by atoms with E-state index in [0.29, 0.717) is 0 Å². The molecule has 0 spiro atoms. The lowest BCUT2D eigenvalue weighted by atomic mass is 9.95. The number of anilines is 2. The number of pyridine rings is 1. The first-order chi connectivity index (χ1) is 29.2. The zero-order valence-corrected chi connectivity index (χ0v) is 32.0. The molecule has 0 unspecified atom stereocenters. The summed E-state index contributed by atoms with van der Waals surface area (Å²) in [5, 5.41) is 4.68. The normalized spacial score (nSPS) is 14.6. The van der Waals surface area contributed by atoms with Crippen LogP contribution in [0.1, 0.15) is 23.1 Å². The second kappa shape index (κ2) is 13.3. The maximum Gasteiger partial charge on any atom is 0.135 e. The van der Waals surface area contributed by atoms with Crippen LogP contribution in [-0.2, 0) is 0 Å². The molecule has 276 valence electrons. The Hall–Kier alpha value is -7.91. The van der Waals surface area contributed by atoms with Gasteiger partial charge >= 0.3 is 0 Å². The number of benzene rings is 6. The van der Waals surface area contributed by atoms with E-state index in [2.05, 4.69) is 208 Å². The highest BCUT2D eigenvalue weighted by atomic mass is 16.3. The Balaban J connectivity index is 0.902. The molecule has 0 saturated carbocycles. The van der Waals surface area contributed by atoms with E-state index in [0.717, 1.165) is 73.4 Å². The molecule has 0 amide bonds. The summed E-state index contributed by atoms with van der Waals surface area (Å²) in [6, 6.07) is 50.2. The molecule has 2 bridgehead atoms. The van der Waals surface area contributed by atoms with Gasteiger partial charge in [0.25, 0.3) is 0 Å². The minimum Gasteiger partial charge on any atom is -0.456 e. The van der Waals surface area contributed by atoms with Crippen molar-refractivity contribution < 1.29 is 4.42 Å². The van der Waals surface area contributed by atoms with E-state index >= 15 is 0 Å². The Morgan fingerprint density at radius 3 is 2.15 bits per heavy atom. The van der Waals surface area contributed by atoms with E-state index in [1.54, 1.807) is 0 Å². The predicted octanol–water partition coefficient (Wildman–Crippen LogP) is 14.3. The third-order valence-electron chi connectivity index (χ3n) is 11.8. The SMILES string of the molecule is C1=C2C=CC=CC=1N(c1ccc3oc4ccc(-c5cccc(C6=CC(c7cccc(-n8c9ccccc9c9ccccc98)c7)=CCC=C6)c5)cc4c3c1)c1cnccc12. The zero-order valence-electron chi connectivity index (χ0n) is 32.0. The van der Waals surface area contributed by atoms with Crippen LogP contribution in [0.2, 0.25) is 0 Å². The van der Waals surface area contributed by atoms with Crippen LogP contribution < -0.4 is 4.90 Å². The van der Waals surface area contributed by atoms with Gasteiger partial charge < -0.3 is 13.9 Å². The second-order valence-electron chi connectivity index (χ2n) is 15.3. The molecule has 0 N–H and O–H groups in total. The lowest BCUT2D eigenvalue weighted by Gasteiger charge is -2.29. The molecule has 4 heteroatoms. The molecule has 3 aromatic heterocycles. The number of fused-ring (bicyclic) bond motifs is 8. The minimum atomic E-state index is 0.858. The fourth-order valence-electron chi connectivity index (χ4n) is 9.04.